The van der Waals surface area contributed by atoms with Crippen LogP contribution in [0.1, 0.15) is 19.4 Å². The fourth-order valence-electron chi connectivity index (χ4n) is 1.69. The van der Waals surface area contributed by atoms with Gasteiger partial charge in [0.05, 0.1) is 6.04 Å². The Morgan fingerprint density at radius 1 is 1.43 bits per heavy atom. The summed E-state index contributed by atoms with van der Waals surface area (Å²) in [6.07, 6.45) is 0. The lowest BCUT2D eigenvalue weighted by atomic mass is 10.1. The third-order valence-corrected chi connectivity index (χ3v) is 3.44. The number of amides is 3. The second-order valence-electron chi connectivity index (χ2n) is 4.64. The normalized spacial score (nSPS) is 12.1. The molecule has 0 aliphatic heterocycles. The van der Waals surface area contributed by atoms with Crippen LogP contribution in [0, 0.1) is 5.82 Å². The monoisotopic (exact) mass is 315 g/mol. The van der Waals surface area contributed by atoms with Gasteiger partial charge in [-0.1, -0.05) is 17.7 Å². The summed E-state index contributed by atoms with van der Waals surface area (Å²) in [5.41, 5.74) is 0.319. The van der Waals surface area contributed by atoms with Gasteiger partial charge < -0.3 is 5.32 Å². The fraction of sp³-hybridized carbons (Fsp3) is 0.429. The molecule has 0 bridgehead atoms. The summed E-state index contributed by atoms with van der Waals surface area (Å²) < 4.78 is 13.7. The van der Waals surface area contributed by atoms with E-state index in [4.69, 9.17) is 11.6 Å². The van der Waals surface area contributed by atoms with Crippen LogP contribution in [-0.4, -0.2) is 36.5 Å². The predicted octanol–water partition coefficient (Wildman–Crippen LogP) is 2.15. The van der Waals surface area contributed by atoms with E-state index in [0.717, 1.165) is 0 Å². The molecule has 0 heterocycles. The van der Waals surface area contributed by atoms with Gasteiger partial charge in [0.15, 0.2) is 0 Å². The van der Waals surface area contributed by atoms with Crippen LogP contribution in [0.25, 0.3) is 0 Å². The van der Waals surface area contributed by atoms with Gasteiger partial charge in [0.1, 0.15) is 5.82 Å². The average Bonchev–Trinajstić information content (AvgIpc) is 2.42. The number of rotatable bonds is 5. The number of hydrogen-bond donors (Lipinski definition) is 2. The average molecular weight is 316 g/mol. The lowest BCUT2D eigenvalue weighted by Crippen LogP contribution is -2.48. The number of carbonyl (C=O) groups is 2. The molecule has 21 heavy (non-hydrogen) atoms. The molecule has 0 saturated carbocycles. The lowest BCUT2D eigenvalue weighted by molar-refractivity contribution is -0.124. The molecule has 0 spiro atoms. The Balaban J connectivity index is 2.68. The minimum absolute atomic E-state index is 0.162. The van der Waals surface area contributed by atoms with Crippen molar-refractivity contribution in [3.8, 4) is 0 Å². The number of urea groups is 1. The second-order valence-corrected chi connectivity index (χ2v) is 5.05. The van der Waals surface area contributed by atoms with Gasteiger partial charge >= 0.3 is 6.03 Å². The Kier molecular flexibility index (Phi) is 6.58. The molecule has 0 fully saturated rings. The summed E-state index contributed by atoms with van der Waals surface area (Å²) >= 11 is 5.95. The number of imide groups is 1. The third kappa shape index (κ3) is 4.99. The Bertz CT molecular complexity index is 505. The highest BCUT2D eigenvalue weighted by Crippen LogP contribution is 2.20. The highest BCUT2D eigenvalue weighted by atomic mass is 35.5. The van der Waals surface area contributed by atoms with Crippen molar-refractivity contribution >= 4 is 23.5 Å². The summed E-state index contributed by atoms with van der Waals surface area (Å²) in [7, 11) is 1.66. The molecular formula is C14H19ClFN3O2. The largest absolute Gasteiger partial charge is 0.338 e. The molecule has 1 unspecified atom stereocenters. The Morgan fingerprint density at radius 3 is 2.67 bits per heavy atom. The van der Waals surface area contributed by atoms with Gasteiger partial charge in [0.25, 0.3) is 0 Å². The summed E-state index contributed by atoms with van der Waals surface area (Å²) in [4.78, 5) is 24.8. The first-order valence-corrected chi connectivity index (χ1v) is 6.96. The molecule has 3 amide bonds. The molecule has 0 aliphatic rings. The first-order valence-electron chi connectivity index (χ1n) is 6.58. The van der Waals surface area contributed by atoms with Gasteiger partial charge in [-0.3, -0.25) is 15.0 Å². The van der Waals surface area contributed by atoms with Crippen molar-refractivity contribution in [3.63, 3.8) is 0 Å². The number of halogens is 2. The van der Waals surface area contributed by atoms with Crippen LogP contribution in [0.4, 0.5) is 9.18 Å². The zero-order valence-electron chi connectivity index (χ0n) is 12.2. The standard InChI is InChI=1S/C14H19ClFN3O2/c1-4-17-14(21)18-13(20)9(2)19(3)8-10-11(15)6-5-7-12(10)16/h5-7,9H,4,8H2,1-3H3,(H2,17,18,20,21). The molecule has 1 atom stereocenters. The minimum Gasteiger partial charge on any atom is -0.338 e. The molecule has 1 aromatic rings. The van der Waals surface area contributed by atoms with Crippen molar-refractivity contribution in [2.24, 2.45) is 0 Å². The second kappa shape index (κ2) is 7.95. The molecule has 0 saturated heterocycles. The first-order chi connectivity index (χ1) is 9.86. The van der Waals surface area contributed by atoms with Gasteiger partial charge in [-0.25, -0.2) is 9.18 Å². The Labute approximate surface area is 128 Å². The van der Waals surface area contributed by atoms with E-state index < -0.39 is 23.8 Å². The maximum absolute atomic E-state index is 13.7. The van der Waals surface area contributed by atoms with Crippen LogP contribution in [0.5, 0.6) is 0 Å². The smallest absolute Gasteiger partial charge is 0.321 e. The van der Waals surface area contributed by atoms with Crippen LogP contribution in [0.15, 0.2) is 18.2 Å². The minimum atomic E-state index is -0.608. The summed E-state index contributed by atoms with van der Waals surface area (Å²) in [6, 6.07) is 3.27. The van der Waals surface area contributed by atoms with Crippen molar-refractivity contribution < 1.29 is 14.0 Å². The maximum atomic E-state index is 13.7. The molecule has 116 valence electrons. The molecule has 7 heteroatoms. The molecule has 1 aromatic carbocycles. The van der Waals surface area contributed by atoms with Crippen LogP contribution in [-0.2, 0) is 11.3 Å². The number of nitrogens with one attached hydrogen (secondary N) is 2. The zero-order chi connectivity index (χ0) is 16.0. The van der Waals surface area contributed by atoms with E-state index in [1.807, 2.05) is 0 Å². The molecular weight excluding hydrogens is 297 g/mol. The van der Waals surface area contributed by atoms with Crippen LogP contribution >= 0.6 is 11.6 Å². The van der Waals surface area contributed by atoms with Crippen LogP contribution in [0.2, 0.25) is 5.02 Å². The van der Waals surface area contributed by atoms with Crippen molar-refractivity contribution in [1.29, 1.82) is 0 Å². The van der Waals surface area contributed by atoms with Crippen molar-refractivity contribution in [2.75, 3.05) is 13.6 Å². The van der Waals surface area contributed by atoms with Gasteiger partial charge in [0.2, 0.25) is 5.91 Å². The third-order valence-electron chi connectivity index (χ3n) is 3.08. The van der Waals surface area contributed by atoms with Crippen LogP contribution < -0.4 is 10.6 Å². The molecule has 0 aromatic heterocycles. The van der Waals surface area contributed by atoms with Crippen molar-refractivity contribution in [2.45, 2.75) is 26.4 Å². The number of nitrogens with zero attached hydrogens (tertiary/aromatic N) is 1. The van der Waals surface area contributed by atoms with Gasteiger partial charge in [0, 0.05) is 23.7 Å². The molecule has 1 rings (SSSR count). The highest BCUT2D eigenvalue weighted by molar-refractivity contribution is 6.31. The Morgan fingerprint density at radius 2 is 2.10 bits per heavy atom. The molecule has 5 nitrogen and oxygen atoms in total. The van der Waals surface area contributed by atoms with Gasteiger partial charge in [-0.15, -0.1) is 0 Å². The zero-order valence-corrected chi connectivity index (χ0v) is 13.0. The lowest BCUT2D eigenvalue weighted by Gasteiger charge is -2.24. The van der Waals surface area contributed by atoms with Gasteiger partial charge in [-0.05, 0) is 33.0 Å². The number of benzene rings is 1. The van der Waals surface area contributed by atoms with Crippen LogP contribution in [0.3, 0.4) is 0 Å². The highest BCUT2D eigenvalue weighted by Gasteiger charge is 2.21. The van der Waals surface area contributed by atoms with E-state index in [0.29, 0.717) is 17.1 Å². The SMILES string of the molecule is CCNC(=O)NC(=O)C(C)N(C)Cc1c(F)cccc1Cl. The summed E-state index contributed by atoms with van der Waals surface area (Å²) in [5, 5.41) is 4.99. The van der Waals surface area contributed by atoms with Crippen molar-refractivity contribution in [3.05, 3.63) is 34.6 Å². The topological polar surface area (TPSA) is 61.4 Å². The number of likely N-dealkylation sites (N-methyl/N-ethyl adjacent to an activating group) is 1. The first kappa shape index (κ1) is 17.4. The number of hydrogen-bond acceptors (Lipinski definition) is 3. The molecule has 0 aliphatic carbocycles. The van der Waals surface area contributed by atoms with E-state index in [9.17, 15) is 14.0 Å². The summed E-state index contributed by atoms with van der Waals surface area (Å²) in [5.74, 6) is -0.887. The molecule has 2 N–H and O–H groups in total. The van der Waals surface area contributed by atoms with E-state index >= 15 is 0 Å². The molecule has 0 radical (unpaired) electrons. The maximum Gasteiger partial charge on any atom is 0.321 e. The predicted molar refractivity (Wildman–Crippen MR) is 79.6 cm³/mol. The quantitative estimate of drug-likeness (QED) is 0.875. The Hall–Kier alpha value is -1.66. The van der Waals surface area contributed by atoms with E-state index in [1.165, 1.54) is 12.1 Å². The fourth-order valence-corrected chi connectivity index (χ4v) is 1.91. The van der Waals surface area contributed by atoms with E-state index in [-0.39, 0.29) is 6.54 Å². The number of carbonyl (C=O) groups excluding carboxylic acids is 2. The van der Waals surface area contributed by atoms with Gasteiger partial charge in [-0.2, -0.15) is 0 Å². The van der Waals surface area contributed by atoms with E-state index in [1.54, 1.807) is 31.9 Å². The summed E-state index contributed by atoms with van der Waals surface area (Å²) in [6.45, 7) is 3.97. The van der Waals surface area contributed by atoms with Crippen molar-refractivity contribution in [1.82, 2.24) is 15.5 Å². The van der Waals surface area contributed by atoms with E-state index in [2.05, 4.69) is 10.6 Å².